The molecule has 5 heteroatoms. The fourth-order valence-corrected chi connectivity index (χ4v) is 3.71. The number of fused-ring (bicyclic) bond motifs is 1. The summed E-state index contributed by atoms with van der Waals surface area (Å²) in [4.78, 5) is 14.1. The number of esters is 1. The highest BCUT2D eigenvalue weighted by atomic mass is 16.5. The lowest BCUT2D eigenvalue weighted by atomic mass is 9.85. The molecule has 0 aromatic carbocycles. The van der Waals surface area contributed by atoms with Crippen LogP contribution >= 0.6 is 0 Å². The molecule has 0 spiro atoms. The quantitative estimate of drug-likeness (QED) is 0.849. The maximum Gasteiger partial charge on any atom is 0.374 e. The van der Waals surface area contributed by atoms with Gasteiger partial charge in [0.05, 0.1) is 13.4 Å². The van der Waals surface area contributed by atoms with Crippen molar-refractivity contribution in [1.82, 2.24) is 10.2 Å². The number of carbonyl (C=O) groups is 1. The van der Waals surface area contributed by atoms with E-state index in [4.69, 9.17) is 9.15 Å². The molecule has 1 N–H and O–H groups in total. The van der Waals surface area contributed by atoms with Crippen molar-refractivity contribution >= 4 is 5.97 Å². The van der Waals surface area contributed by atoms with E-state index in [1.807, 2.05) is 6.07 Å². The maximum absolute atomic E-state index is 11.7. The average molecular weight is 278 g/mol. The number of hydrogen-bond acceptors (Lipinski definition) is 5. The first-order valence-electron chi connectivity index (χ1n) is 7.14. The predicted octanol–water partition coefficient (Wildman–Crippen LogP) is 1.50. The van der Waals surface area contributed by atoms with E-state index in [1.165, 1.54) is 7.11 Å². The summed E-state index contributed by atoms with van der Waals surface area (Å²) in [6.45, 7) is 8.58. The van der Waals surface area contributed by atoms with Gasteiger partial charge in [0.2, 0.25) is 5.76 Å². The SMILES string of the molecule is COC(=O)c1occc1CN1CC2CNCC2C1(C)C. The van der Waals surface area contributed by atoms with Crippen LogP contribution in [0.4, 0.5) is 0 Å². The molecule has 0 amide bonds. The molecule has 0 saturated carbocycles. The molecular formula is C15H22N2O3. The van der Waals surface area contributed by atoms with Gasteiger partial charge in [0.1, 0.15) is 0 Å². The maximum atomic E-state index is 11.7. The van der Waals surface area contributed by atoms with Crippen LogP contribution in [0, 0.1) is 11.8 Å². The second-order valence-corrected chi connectivity index (χ2v) is 6.33. The third-order valence-electron chi connectivity index (χ3n) is 5.00. The van der Waals surface area contributed by atoms with Crippen molar-refractivity contribution in [3.8, 4) is 0 Å². The van der Waals surface area contributed by atoms with Crippen LogP contribution in [0.3, 0.4) is 0 Å². The van der Waals surface area contributed by atoms with Gasteiger partial charge in [-0.15, -0.1) is 0 Å². The molecule has 2 aliphatic rings. The van der Waals surface area contributed by atoms with Crippen molar-refractivity contribution in [3.63, 3.8) is 0 Å². The van der Waals surface area contributed by atoms with Gasteiger partial charge in [-0.05, 0) is 38.3 Å². The van der Waals surface area contributed by atoms with Crippen molar-refractivity contribution in [3.05, 3.63) is 23.7 Å². The predicted molar refractivity (Wildman–Crippen MR) is 74.4 cm³/mol. The molecule has 110 valence electrons. The van der Waals surface area contributed by atoms with Gasteiger partial charge in [0, 0.05) is 30.7 Å². The topological polar surface area (TPSA) is 54.7 Å². The number of likely N-dealkylation sites (tertiary alicyclic amines) is 1. The fourth-order valence-electron chi connectivity index (χ4n) is 3.71. The van der Waals surface area contributed by atoms with Crippen molar-refractivity contribution in [1.29, 1.82) is 0 Å². The molecule has 1 aromatic heterocycles. The van der Waals surface area contributed by atoms with Gasteiger partial charge in [0.25, 0.3) is 0 Å². The molecular weight excluding hydrogens is 256 g/mol. The van der Waals surface area contributed by atoms with Crippen LogP contribution in [0.2, 0.25) is 0 Å². The molecule has 2 aliphatic heterocycles. The molecule has 1 aromatic rings. The van der Waals surface area contributed by atoms with E-state index in [1.54, 1.807) is 6.26 Å². The lowest BCUT2D eigenvalue weighted by molar-refractivity contribution is 0.0558. The lowest BCUT2D eigenvalue weighted by Crippen LogP contribution is -2.44. The highest BCUT2D eigenvalue weighted by molar-refractivity contribution is 5.87. The number of rotatable bonds is 3. The van der Waals surface area contributed by atoms with Gasteiger partial charge in [-0.2, -0.15) is 0 Å². The van der Waals surface area contributed by atoms with Crippen molar-refractivity contribution < 1.29 is 13.9 Å². The van der Waals surface area contributed by atoms with E-state index < -0.39 is 5.97 Å². The van der Waals surface area contributed by atoms with Gasteiger partial charge in [-0.1, -0.05) is 0 Å². The largest absolute Gasteiger partial charge is 0.463 e. The van der Waals surface area contributed by atoms with E-state index in [2.05, 4.69) is 24.1 Å². The van der Waals surface area contributed by atoms with E-state index in [9.17, 15) is 4.79 Å². The Bertz CT molecular complexity index is 509. The minimum atomic E-state index is -0.399. The zero-order chi connectivity index (χ0) is 14.3. The third-order valence-corrected chi connectivity index (χ3v) is 5.00. The van der Waals surface area contributed by atoms with Crippen molar-refractivity contribution in [2.75, 3.05) is 26.7 Å². The second-order valence-electron chi connectivity index (χ2n) is 6.33. The molecule has 2 fully saturated rings. The fraction of sp³-hybridized carbons (Fsp3) is 0.667. The van der Waals surface area contributed by atoms with Gasteiger partial charge >= 0.3 is 5.97 Å². The third kappa shape index (κ3) is 2.05. The number of furan rings is 1. The summed E-state index contributed by atoms with van der Waals surface area (Å²) in [5.74, 6) is 1.32. The monoisotopic (exact) mass is 278 g/mol. The Morgan fingerprint density at radius 1 is 1.55 bits per heavy atom. The Morgan fingerprint density at radius 2 is 2.35 bits per heavy atom. The van der Waals surface area contributed by atoms with Gasteiger partial charge < -0.3 is 14.5 Å². The zero-order valence-corrected chi connectivity index (χ0v) is 12.3. The van der Waals surface area contributed by atoms with Crippen LogP contribution in [-0.4, -0.2) is 43.2 Å². The number of nitrogens with one attached hydrogen (secondary N) is 1. The molecule has 3 rings (SSSR count). The highest BCUT2D eigenvalue weighted by Crippen LogP contribution is 2.41. The van der Waals surface area contributed by atoms with Gasteiger partial charge in [-0.3, -0.25) is 4.90 Å². The van der Waals surface area contributed by atoms with Crippen LogP contribution in [0.5, 0.6) is 0 Å². The summed E-state index contributed by atoms with van der Waals surface area (Å²) < 4.78 is 10.0. The van der Waals surface area contributed by atoms with Crippen LogP contribution in [-0.2, 0) is 11.3 Å². The normalized spacial score (nSPS) is 28.6. The second kappa shape index (κ2) is 4.90. The summed E-state index contributed by atoms with van der Waals surface area (Å²) in [6.07, 6.45) is 1.56. The van der Waals surface area contributed by atoms with Crippen LogP contribution in [0.25, 0.3) is 0 Å². The summed E-state index contributed by atoms with van der Waals surface area (Å²) in [6, 6.07) is 1.87. The highest BCUT2D eigenvalue weighted by Gasteiger charge is 2.49. The Morgan fingerprint density at radius 3 is 3.05 bits per heavy atom. The lowest BCUT2D eigenvalue weighted by Gasteiger charge is -2.35. The van der Waals surface area contributed by atoms with Gasteiger partial charge in [-0.25, -0.2) is 4.79 Å². The van der Waals surface area contributed by atoms with E-state index in [0.717, 1.165) is 31.7 Å². The Hall–Kier alpha value is -1.33. The standard InChI is InChI=1S/C15H22N2O3/c1-15(2)12-7-16-6-11(12)9-17(15)8-10-4-5-20-13(10)14(18)19-3/h4-5,11-12,16H,6-9H2,1-3H3. The van der Waals surface area contributed by atoms with Crippen LogP contribution < -0.4 is 5.32 Å². The summed E-state index contributed by atoms with van der Waals surface area (Å²) in [5, 5.41) is 3.48. The zero-order valence-electron chi connectivity index (χ0n) is 12.3. The molecule has 3 heterocycles. The van der Waals surface area contributed by atoms with E-state index in [-0.39, 0.29) is 5.54 Å². The number of hydrogen-bond donors (Lipinski definition) is 1. The number of methoxy groups -OCH3 is 1. The van der Waals surface area contributed by atoms with Crippen LogP contribution in [0.15, 0.2) is 16.7 Å². The molecule has 0 radical (unpaired) electrons. The molecule has 5 nitrogen and oxygen atoms in total. The molecule has 2 saturated heterocycles. The Labute approximate surface area is 119 Å². The number of nitrogens with zero attached hydrogens (tertiary/aromatic N) is 1. The van der Waals surface area contributed by atoms with Crippen LogP contribution in [0.1, 0.15) is 30.0 Å². The Balaban J connectivity index is 1.79. The molecule has 2 atom stereocenters. The van der Waals surface area contributed by atoms with Crippen molar-refractivity contribution in [2.24, 2.45) is 11.8 Å². The first-order valence-corrected chi connectivity index (χ1v) is 7.14. The molecule has 2 unspecified atom stereocenters. The first kappa shape index (κ1) is 13.6. The molecule has 0 bridgehead atoms. The van der Waals surface area contributed by atoms with Gasteiger partial charge in [0.15, 0.2) is 0 Å². The summed E-state index contributed by atoms with van der Waals surface area (Å²) in [7, 11) is 1.38. The first-order chi connectivity index (χ1) is 9.54. The molecule has 0 aliphatic carbocycles. The number of ether oxygens (including phenoxy) is 1. The summed E-state index contributed by atoms with van der Waals surface area (Å²) >= 11 is 0. The number of carbonyl (C=O) groups excluding carboxylic acids is 1. The van der Waals surface area contributed by atoms with E-state index >= 15 is 0 Å². The Kier molecular flexibility index (Phi) is 3.34. The smallest absolute Gasteiger partial charge is 0.374 e. The van der Waals surface area contributed by atoms with E-state index in [0.29, 0.717) is 17.6 Å². The van der Waals surface area contributed by atoms with Crippen molar-refractivity contribution in [2.45, 2.75) is 25.9 Å². The average Bonchev–Trinajstić information content (AvgIpc) is 3.09. The minimum absolute atomic E-state index is 0.138. The minimum Gasteiger partial charge on any atom is -0.463 e. The summed E-state index contributed by atoms with van der Waals surface area (Å²) in [5.41, 5.74) is 1.05. The molecule has 20 heavy (non-hydrogen) atoms.